The third-order valence-corrected chi connectivity index (χ3v) is 3.45. The molecule has 0 aromatic heterocycles. The number of anilines is 1. The summed E-state index contributed by atoms with van der Waals surface area (Å²) >= 11 is 0. The Kier molecular flexibility index (Phi) is 2.56. The number of hydrogen-bond acceptors (Lipinski definition) is 4. The monoisotopic (exact) mass is 274 g/mol. The van der Waals surface area contributed by atoms with Gasteiger partial charge in [-0.3, -0.25) is 24.5 Å². The van der Waals surface area contributed by atoms with Gasteiger partial charge in [0.2, 0.25) is 5.91 Å². The number of carbonyl (C=O) groups is 4. The molecule has 3 amide bonds. The molecule has 0 bridgehead atoms. The van der Waals surface area contributed by atoms with Gasteiger partial charge in [0.05, 0.1) is 23.0 Å². The van der Waals surface area contributed by atoms with E-state index in [4.69, 9.17) is 5.11 Å². The van der Waals surface area contributed by atoms with Gasteiger partial charge in [0.15, 0.2) is 0 Å². The molecule has 3 N–H and O–H groups in total. The topological polar surface area (TPSA) is 113 Å². The van der Waals surface area contributed by atoms with E-state index in [0.29, 0.717) is 12.1 Å². The third kappa shape index (κ3) is 1.93. The Bertz CT molecular complexity index is 667. The predicted octanol–water partition coefficient (Wildman–Crippen LogP) is 0.229. The Labute approximate surface area is 113 Å². The van der Waals surface area contributed by atoms with Gasteiger partial charge < -0.3 is 10.4 Å². The van der Waals surface area contributed by atoms with E-state index in [2.05, 4.69) is 10.6 Å². The first-order chi connectivity index (χ1) is 9.47. The summed E-state index contributed by atoms with van der Waals surface area (Å²) in [5.74, 6) is -3.50. The van der Waals surface area contributed by atoms with E-state index in [9.17, 15) is 19.2 Å². The van der Waals surface area contributed by atoms with Crippen molar-refractivity contribution in [2.75, 3.05) is 5.32 Å². The highest BCUT2D eigenvalue weighted by Crippen LogP contribution is 2.39. The molecule has 2 unspecified atom stereocenters. The summed E-state index contributed by atoms with van der Waals surface area (Å²) in [4.78, 5) is 45.3. The van der Waals surface area contributed by atoms with E-state index >= 15 is 0 Å². The van der Waals surface area contributed by atoms with E-state index in [1.165, 1.54) is 18.2 Å². The molecular weight excluding hydrogens is 264 g/mol. The fourth-order valence-electron chi connectivity index (χ4n) is 2.24. The molecule has 1 heterocycles. The molecular formula is C13H10N2O5. The Balaban J connectivity index is 1.75. The van der Waals surface area contributed by atoms with Crippen LogP contribution in [-0.2, 0) is 9.59 Å². The van der Waals surface area contributed by atoms with Crippen LogP contribution in [0.1, 0.15) is 27.1 Å². The molecule has 7 nitrogen and oxygen atoms in total. The molecule has 1 saturated carbocycles. The molecule has 0 radical (unpaired) electrons. The van der Waals surface area contributed by atoms with Crippen molar-refractivity contribution in [1.29, 1.82) is 0 Å². The summed E-state index contributed by atoms with van der Waals surface area (Å²) in [7, 11) is 0. The number of carboxylic acids is 1. The number of carbonyl (C=O) groups excluding carboxylic acids is 3. The number of fused-ring (bicyclic) bond motifs is 1. The lowest BCUT2D eigenvalue weighted by Crippen LogP contribution is -2.20. The van der Waals surface area contributed by atoms with Crippen molar-refractivity contribution in [3.05, 3.63) is 29.3 Å². The minimum Gasteiger partial charge on any atom is -0.481 e. The summed E-state index contributed by atoms with van der Waals surface area (Å²) in [6.45, 7) is 0. The van der Waals surface area contributed by atoms with Crippen LogP contribution in [0.4, 0.5) is 5.69 Å². The van der Waals surface area contributed by atoms with Crippen LogP contribution in [0.15, 0.2) is 18.2 Å². The van der Waals surface area contributed by atoms with E-state index in [-0.39, 0.29) is 17.0 Å². The first-order valence-corrected chi connectivity index (χ1v) is 6.01. The van der Waals surface area contributed by atoms with E-state index in [1.54, 1.807) is 0 Å². The number of rotatable bonds is 3. The lowest BCUT2D eigenvalue weighted by molar-refractivity contribution is -0.139. The molecule has 3 rings (SSSR count). The van der Waals surface area contributed by atoms with E-state index < -0.39 is 29.6 Å². The van der Waals surface area contributed by atoms with Crippen LogP contribution in [-0.4, -0.2) is 28.8 Å². The lowest BCUT2D eigenvalue weighted by Gasteiger charge is -2.05. The van der Waals surface area contributed by atoms with E-state index in [0.717, 1.165) is 0 Å². The molecule has 20 heavy (non-hydrogen) atoms. The van der Waals surface area contributed by atoms with Crippen molar-refractivity contribution in [2.24, 2.45) is 11.8 Å². The number of aliphatic carboxylic acids is 1. The first-order valence-electron chi connectivity index (χ1n) is 6.01. The molecule has 102 valence electrons. The fourth-order valence-corrected chi connectivity index (χ4v) is 2.24. The second-order valence-electron chi connectivity index (χ2n) is 4.82. The standard InChI is InChI=1S/C13H10N2O5/c16-10-6-2-1-5(3-7(6)12(18)15-10)14-11(17)8-4-9(8)13(19)20/h1-3,8-9H,4H2,(H,14,17)(H,19,20)(H,15,16,18). The van der Waals surface area contributed by atoms with Gasteiger partial charge in [-0.05, 0) is 24.6 Å². The van der Waals surface area contributed by atoms with Crippen LogP contribution in [0.3, 0.4) is 0 Å². The zero-order chi connectivity index (χ0) is 14.4. The quantitative estimate of drug-likeness (QED) is 0.683. The van der Waals surface area contributed by atoms with E-state index in [1.807, 2.05) is 0 Å². The minimum atomic E-state index is -0.982. The molecule has 1 fully saturated rings. The second-order valence-corrected chi connectivity index (χ2v) is 4.82. The lowest BCUT2D eigenvalue weighted by atomic mass is 10.1. The van der Waals surface area contributed by atoms with Crippen LogP contribution in [0.25, 0.3) is 0 Å². The average Bonchev–Trinajstić information content (AvgIpc) is 3.14. The molecule has 2 aliphatic rings. The van der Waals surface area contributed by atoms with Crippen molar-refractivity contribution < 1.29 is 24.3 Å². The number of amides is 3. The number of nitrogens with one attached hydrogen (secondary N) is 2. The molecule has 0 saturated heterocycles. The Morgan fingerprint density at radius 2 is 1.85 bits per heavy atom. The largest absolute Gasteiger partial charge is 0.481 e. The van der Waals surface area contributed by atoms with Crippen LogP contribution in [0.2, 0.25) is 0 Å². The van der Waals surface area contributed by atoms with Crippen LogP contribution in [0, 0.1) is 11.8 Å². The highest BCUT2D eigenvalue weighted by Gasteiger charge is 2.48. The maximum atomic E-state index is 11.8. The van der Waals surface area contributed by atoms with Crippen LogP contribution in [0.5, 0.6) is 0 Å². The fraction of sp³-hybridized carbons (Fsp3) is 0.231. The van der Waals surface area contributed by atoms with Crippen molar-refractivity contribution in [3.8, 4) is 0 Å². The maximum absolute atomic E-state index is 11.8. The van der Waals surface area contributed by atoms with Gasteiger partial charge in [0, 0.05) is 5.69 Å². The zero-order valence-electron chi connectivity index (χ0n) is 10.2. The summed E-state index contributed by atoms with van der Waals surface area (Å²) < 4.78 is 0. The molecule has 1 aromatic carbocycles. The normalized spacial score (nSPS) is 23.0. The second kappa shape index (κ2) is 4.16. The van der Waals surface area contributed by atoms with Gasteiger partial charge in [0.1, 0.15) is 0 Å². The maximum Gasteiger partial charge on any atom is 0.307 e. The molecule has 1 aliphatic heterocycles. The van der Waals surface area contributed by atoms with Crippen molar-refractivity contribution in [2.45, 2.75) is 6.42 Å². The van der Waals surface area contributed by atoms with Gasteiger partial charge >= 0.3 is 5.97 Å². The first kappa shape index (κ1) is 12.3. The van der Waals surface area contributed by atoms with Crippen LogP contribution >= 0.6 is 0 Å². The van der Waals surface area contributed by atoms with Crippen molar-refractivity contribution in [3.63, 3.8) is 0 Å². The molecule has 1 aliphatic carbocycles. The van der Waals surface area contributed by atoms with Gasteiger partial charge in [0.25, 0.3) is 11.8 Å². The zero-order valence-corrected chi connectivity index (χ0v) is 10.2. The van der Waals surface area contributed by atoms with Gasteiger partial charge in [-0.1, -0.05) is 0 Å². The minimum absolute atomic E-state index is 0.207. The van der Waals surface area contributed by atoms with Gasteiger partial charge in [-0.15, -0.1) is 0 Å². The molecule has 0 spiro atoms. The number of benzene rings is 1. The summed E-state index contributed by atoms with van der Waals surface area (Å²) in [6, 6.07) is 4.37. The Morgan fingerprint density at radius 1 is 1.15 bits per heavy atom. The molecule has 2 atom stereocenters. The number of imide groups is 1. The number of carboxylic acid groups (broad SMARTS) is 1. The average molecular weight is 274 g/mol. The number of hydrogen-bond donors (Lipinski definition) is 3. The van der Waals surface area contributed by atoms with Crippen LogP contribution < -0.4 is 10.6 Å². The predicted molar refractivity (Wildman–Crippen MR) is 66.1 cm³/mol. The summed E-state index contributed by atoms with van der Waals surface area (Å²) in [5, 5.41) is 13.5. The molecule has 1 aromatic rings. The van der Waals surface area contributed by atoms with Gasteiger partial charge in [-0.25, -0.2) is 0 Å². The van der Waals surface area contributed by atoms with Crippen molar-refractivity contribution in [1.82, 2.24) is 5.32 Å². The smallest absolute Gasteiger partial charge is 0.307 e. The molecule has 7 heteroatoms. The summed E-state index contributed by atoms with van der Waals surface area (Å²) in [5.41, 5.74) is 0.843. The highest BCUT2D eigenvalue weighted by molar-refractivity contribution is 6.22. The summed E-state index contributed by atoms with van der Waals surface area (Å²) in [6.07, 6.45) is 0.324. The third-order valence-electron chi connectivity index (χ3n) is 3.45. The van der Waals surface area contributed by atoms with Crippen molar-refractivity contribution >= 4 is 29.4 Å². The Hall–Kier alpha value is -2.70. The highest BCUT2D eigenvalue weighted by atomic mass is 16.4. The van der Waals surface area contributed by atoms with Gasteiger partial charge in [-0.2, -0.15) is 0 Å². The SMILES string of the molecule is O=C1NC(=O)c2cc(NC(=O)C3CC3C(=O)O)ccc21. The Morgan fingerprint density at radius 3 is 2.50 bits per heavy atom.